The molecule has 0 spiro atoms. The molecule has 2 rings (SSSR count). The Hall–Kier alpha value is -2.88. The molecule has 0 bridgehead atoms. The number of phenolic OH excluding ortho intramolecular Hbond substituents is 1. The highest BCUT2D eigenvalue weighted by atomic mass is 16.5. The SMILES string of the molecule is C=CC(=O)Oc1ccc(C=Nc2ccccc2)c(O)c1. The third-order valence-electron chi connectivity index (χ3n) is 2.50. The Morgan fingerprint density at radius 2 is 1.95 bits per heavy atom. The van der Waals surface area contributed by atoms with E-state index < -0.39 is 5.97 Å². The van der Waals surface area contributed by atoms with Gasteiger partial charge in [0.15, 0.2) is 0 Å². The molecule has 0 aliphatic rings. The number of esters is 1. The fraction of sp³-hybridized carbons (Fsp3) is 0. The van der Waals surface area contributed by atoms with E-state index in [1.807, 2.05) is 30.3 Å². The smallest absolute Gasteiger partial charge is 0.335 e. The fourth-order valence-corrected chi connectivity index (χ4v) is 1.51. The zero-order valence-corrected chi connectivity index (χ0v) is 10.7. The molecule has 0 unspecified atom stereocenters. The van der Waals surface area contributed by atoms with Gasteiger partial charge < -0.3 is 9.84 Å². The summed E-state index contributed by atoms with van der Waals surface area (Å²) in [6, 6.07) is 13.9. The van der Waals surface area contributed by atoms with E-state index in [1.54, 1.807) is 18.3 Å². The van der Waals surface area contributed by atoms with E-state index in [-0.39, 0.29) is 11.5 Å². The Bertz CT molecular complexity index is 648. The number of ether oxygens (including phenoxy) is 1. The molecule has 20 heavy (non-hydrogen) atoms. The number of phenols is 1. The predicted molar refractivity (Wildman–Crippen MR) is 77.6 cm³/mol. The van der Waals surface area contributed by atoms with Crippen molar-refractivity contribution in [3.8, 4) is 11.5 Å². The first-order valence-electron chi connectivity index (χ1n) is 5.95. The Morgan fingerprint density at radius 3 is 2.60 bits per heavy atom. The number of carbonyl (C=O) groups excluding carboxylic acids is 1. The van der Waals surface area contributed by atoms with Gasteiger partial charge in [0.05, 0.1) is 5.69 Å². The van der Waals surface area contributed by atoms with E-state index in [0.717, 1.165) is 11.8 Å². The lowest BCUT2D eigenvalue weighted by molar-refractivity contribution is -0.128. The largest absolute Gasteiger partial charge is 0.507 e. The van der Waals surface area contributed by atoms with Crippen LogP contribution in [0, 0.1) is 0 Å². The molecule has 0 aliphatic carbocycles. The Labute approximate surface area is 116 Å². The van der Waals surface area contributed by atoms with Gasteiger partial charge >= 0.3 is 5.97 Å². The van der Waals surface area contributed by atoms with Gasteiger partial charge in [0.2, 0.25) is 0 Å². The number of hydrogen-bond acceptors (Lipinski definition) is 4. The molecule has 100 valence electrons. The summed E-state index contributed by atoms with van der Waals surface area (Å²) < 4.78 is 4.90. The number of carbonyl (C=O) groups is 1. The van der Waals surface area contributed by atoms with Crippen molar-refractivity contribution < 1.29 is 14.6 Å². The van der Waals surface area contributed by atoms with Gasteiger partial charge in [-0.2, -0.15) is 0 Å². The molecule has 0 fully saturated rings. The highest BCUT2D eigenvalue weighted by molar-refractivity contribution is 5.86. The van der Waals surface area contributed by atoms with Gasteiger partial charge in [0.25, 0.3) is 0 Å². The summed E-state index contributed by atoms with van der Waals surface area (Å²) in [4.78, 5) is 15.3. The average molecular weight is 267 g/mol. The van der Waals surface area contributed by atoms with Crippen molar-refractivity contribution in [1.82, 2.24) is 0 Å². The lowest BCUT2D eigenvalue weighted by atomic mass is 10.2. The van der Waals surface area contributed by atoms with Crippen LogP contribution in [0.1, 0.15) is 5.56 Å². The number of rotatable bonds is 4. The number of nitrogens with zero attached hydrogens (tertiary/aromatic N) is 1. The molecule has 2 aromatic rings. The Balaban J connectivity index is 2.16. The minimum atomic E-state index is -0.574. The lowest BCUT2D eigenvalue weighted by Gasteiger charge is -2.03. The molecule has 4 heteroatoms. The van der Waals surface area contributed by atoms with Crippen LogP contribution in [0.2, 0.25) is 0 Å². The molecular weight excluding hydrogens is 254 g/mol. The standard InChI is InChI=1S/C16H13NO3/c1-2-16(19)20-14-9-8-12(15(18)10-14)11-17-13-6-4-3-5-7-13/h2-11,18H,1H2. The molecule has 0 heterocycles. The maximum atomic E-state index is 11.0. The fourth-order valence-electron chi connectivity index (χ4n) is 1.51. The zero-order chi connectivity index (χ0) is 14.4. The first kappa shape index (κ1) is 13.5. The third-order valence-corrected chi connectivity index (χ3v) is 2.50. The first-order chi connectivity index (χ1) is 9.69. The maximum absolute atomic E-state index is 11.0. The molecular formula is C16H13NO3. The van der Waals surface area contributed by atoms with Crippen molar-refractivity contribution >= 4 is 17.9 Å². The first-order valence-corrected chi connectivity index (χ1v) is 5.95. The second kappa shape index (κ2) is 6.33. The van der Waals surface area contributed by atoms with Crippen LogP contribution >= 0.6 is 0 Å². The molecule has 1 N–H and O–H groups in total. The Morgan fingerprint density at radius 1 is 1.20 bits per heavy atom. The predicted octanol–water partition coefficient (Wildman–Crippen LogP) is 3.23. The second-order valence-electron chi connectivity index (χ2n) is 3.94. The molecule has 2 aromatic carbocycles. The van der Waals surface area contributed by atoms with Crippen molar-refractivity contribution in [3.05, 3.63) is 66.7 Å². The molecule has 0 aromatic heterocycles. The van der Waals surface area contributed by atoms with Gasteiger partial charge in [-0.1, -0.05) is 24.8 Å². The minimum Gasteiger partial charge on any atom is -0.507 e. The third kappa shape index (κ3) is 3.55. The molecule has 0 aliphatic heterocycles. The van der Waals surface area contributed by atoms with Gasteiger partial charge in [-0.05, 0) is 24.3 Å². The summed E-state index contributed by atoms with van der Waals surface area (Å²) in [5.41, 5.74) is 1.32. The monoisotopic (exact) mass is 267 g/mol. The molecule has 0 amide bonds. The van der Waals surface area contributed by atoms with E-state index >= 15 is 0 Å². The summed E-state index contributed by atoms with van der Waals surface area (Å²) in [6.45, 7) is 3.30. The summed E-state index contributed by atoms with van der Waals surface area (Å²) in [5, 5.41) is 9.85. The molecule has 0 radical (unpaired) electrons. The van der Waals surface area contributed by atoms with Crippen molar-refractivity contribution in [2.75, 3.05) is 0 Å². The van der Waals surface area contributed by atoms with Gasteiger partial charge in [-0.3, -0.25) is 4.99 Å². The zero-order valence-electron chi connectivity index (χ0n) is 10.7. The number of hydrogen-bond donors (Lipinski definition) is 1. The summed E-state index contributed by atoms with van der Waals surface area (Å²) in [6.07, 6.45) is 2.60. The number of aliphatic imine (C=N–C) groups is 1. The molecule has 0 atom stereocenters. The summed E-state index contributed by atoms with van der Waals surface area (Å²) in [7, 11) is 0. The normalized spacial score (nSPS) is 10.4. The van der Waals surface area contributed by atoms with Crippen LogP contribution in [0.4, 0.5) is 5.69 Å². The van der Waals surface area contributed by atoms with Crippen molar-refractivity contribution in [1.29, 1.82) is 0 Å². The van der Waals surface area contributed by atoms with Crippen LogP contribution in [-0.4, -0.2) is 17.3 Å². The number of para-hydroxylation sites is 1. The topological polar surface area (TPSA) is 58.9 Å². The van der Waals surface area contributed by atoms with Crippen LogP contribution in [0.3, 0.4) is 0 Å². The average Bonchev–Trinajstić information content (AvgIpc) is 2.47. The van der Waals surface area contributed by atoms with E-state index in [9.17, 15) is 9.90 Å². The lowest BCUT2D eigenvalue weighted by Crippen LogP contribution is -2.02. The van der Waals surface area contributed by atoms with Crippen molar-refractivity contribution in [2.24, 2.45) is 4.99 Å². The van der Waals surface area contributed by atoms with E-state index in [2.05, 4.69) is 11.6 Å². The van der Waals surface area contributed by atoms with E-state index in [4.69, 9.17) is 4.74 Å². The summed E-state index contributed by atoms with van der Waals surface area (Å²) >= 11 is 0. The van der Waals surface area contributed by atoms with Crippen molar-refractivity contribution in [2.45, 2.75) is 0 Å². The van der Waals surface area contributed by atoms with Crippen LogP contribution in [0.25, 0.3) is 0 Å². The molecule has 0 saturated heterocycles. The maximum Gasteiger partial charge on any atom is 0.335 e. The highest BCUT2D eigenvalue weighted by Crippen LogP contribution is 2.23. The van der Waals surface area contributed by atoms with Gasteiger partial charge in [0.1, 0.15) is 11.5 Å². The van der Waals surface area contributed by atoms with E-state index in [1.165, 1.54) is 6.07 Å². The minimum absolute atomic E-state index is 0.0148. The van der Waals surface area contributed by atoms with Gasteiger partial charge in [-0.15, -0.1) is 0 Å². The van der Waals surface area contributed by atoms with Crippen LogP contribution in [0.15, 0.2) is 66.2 Å². The summed E-state index contributed by atoms with van der Waals surface area (Å²) in [5.74, 6) is -0.335. The van der Waals surface area contributed by atoms with Crippen LogP contribution in [0.5, 0.6) is 11.5 Å². The molecule has 4 nitrogen and oxygen atoms in total. The molecule has 0 saturated carbocycles. The second-order valence-corrected chi connectivity index (χ2v) is 3.94. The number of benzene rings is 2. The number of aromatic hydroxyl groups is 1. The van der Waals surface area contributed by atoms with E-state index in [0.29, 0.717) is 5.56 Å². The quantitative estimate of drug-likeness (QED) is 0.400. The van der Waals surface area contributed by atoms with Crippen LogP contribution < -0.4 is 4.74 Å². The highest BCUT2D eigenvalue weighted by Gasteiger charge is 2.04. The van der Waals surface area contributed by atoms with Gasteiger partial charge in [0, 0.05) is 23.9 Å². The van der Waals surface area contributed by atoms with Gasteiger partial charge in [-0.25, -0.2) is 4.79 Å². The Kier molecular flexibility index (Phi) is 4.29. The van der Waals surface area contributed by atoms with Crippen LogP contribution in [-0.2, 0) is 4.79 Å². The van der Waals surface area contributed by atoms with Crippen molar-refractivity contribution in [3.63, 3.8) is 0 Å².